The average Bonchev–Trinajstić information content (AvgIpc) is 2.70. The van der Waals surface area contributed by atoms with Crippen molar-refractivity contribution in [1.82, 2.24) is 0 Å². The molecule has 1 saturated heterocycles. The number of rotatable bonds is 10. The molecule has 1 rings (SSSR count). The second-order valence-corrected chi connectivity index (χ2v) is 22.9. The van der Waals surface area contributed by atoms with Crippen molar-refractivity contribution in [2.75, 3.05) is 7.11 Å². The molecule has 9 heteroatoms. The lowest BCUT2D eigenvalue weighted by molar-refractivity contribution is -0.284. The number of ether oxygens (including phenoxy) is 3. The molecule has 1 aliphatic heterocycles. The van der Waals surface area contributed by atoms with E-state index < -0.39 is 58.7 Å². The second kappa shape index (κ2) is 11.5. The number of carbonyl (C=O) groups is 2. The third-order valence-electron chi connectivity index (χ3n) is 8.46. The van der Waals surface area contributed by atoms with Crippen LogP contribution in [0.4, 0.5) is 0 Å². The number of hydrogen-bond donors (Lipinski definition) is 0. The van der Waals surface area contributed by atoms with Gasteiger partial charge in [0.25, 0.3) is 0 Å². The van der Waals surface area contributed by atoms with Crippen molar-refractivity contribution in [2.24, 2.45) is 5.41 Å². The summed E-state index contributed by atoms with van der Waals surface area (Å²) >= 11 is 0. The third-order valence-corrected chi connectivity index (χ3v) is 17.4. The van der Waals surface area contributed by atoms with Gasteiger partial charge in [-0.25, -0.2) is 0 Å². The lowest BCUT2D eigenvalue weighted by Crippen LogP contribution is -2.66. The number of methoxy groups -OCH3 is 1. The molecule has 0 radical (unpaired) electrons. The number of Topliss-reactive ketones (excluding diaryl/α,β-unsaturated/α-hetero) is 1. The van der Waals surface area contributed by atoms with Gasteiger partial charge in [0, 0.05) is 7.11 Å². The van der Waals surface area contributed by atoms with Crippen LogP contribution < -0.4 is 0 Å². The van der Waals surface area contributed by atoms with E-state index in [2.05, 4.69) is 74.3 Å². The predicted molar refractivity (Wildman–Crippen MR) is 149 cm³/mol. The van der Waals surface area contributed by atoms with E-state index in [0.29, 0.717) is 0 Å². The van der Waals surface area contributed by atoms with E-state index in [1.54, 1.807) is 20.1 Å². The van der Waals surface area contributed by atoms with Gasteiger partial charge in [0.05, 0.1) is 6.10 Å². The van der Waals surface area contributed by atoms with Crippen LogP contribution in [-0.2, 0) is 32.7 Å². The summed E-state index contributed by atoms with van der Waals surface area (Å²) < 4.78 is 31.9. The minimum Gasteiger partial charge on any atom is -0.456 e. The fourth-order valence-electron chi connectivity index (χ4n) is 3.53. The molecule has 1 heterocycles. The van der Waals surface area contributed by atoms with Crippen LogP contribution >= 0.6 is 0 Å². The Morgan fingerprint density at radius 1 is 0.889 bits per heavy atom. The van der Waals surface area contributed by atoms with Gasteiger partial charge in [-0.3, -0.25) is 9.59 Å². The molecule has 0 aliphatic carbocycles. The van der Waals surface area contributed by atoms with E-state index in [-0.39, 0.29) is 22.3 Å². The van der Waals surface area contributed by atoms with Crippen LogP contribution in [0.1, 0.15) is 68.7 Å². The fraction of sp³-hybridized carbons (Fsp3) is 0.852. The molecular formula is C27H52O7Si2. The average molecular weight is 545 g/mol. The van der Waals surface area contributed by atoms with Crippen LogP contribution in [0.2, 0.25) is 36.3 Å². The number of carbonyl (C=O) groups excluding carboxylic acids is 2. The smallest absolute Gasteiger partial charge is 0.320 e. The summed E-state index contributed by atoms with van der Waals surface area (Å²) in [5.74, 6) is -0.886. The van der Waals surface area contributed by atoms with Gasteiger partial charge in [-0.15, -0.1) is 6.58 Å². The zero-order chi connectivity index (χ0) is 28.5. The van der Waals surface area contributed by atoms with Crippen molar-refractivity contribution in [3.05, 3.63) is 12.7 Å². The maximum Gasteiger partial charge on any atom is 0.320 e. The van der Waals surface area contributed by atoms with Crippen molar-refractivity contribution in [1.29, 1.82) is 0 Å². The summed E-state index contributed by atoms with van der Waals surface area (Å²) in [4.78, 5) is 25.9. The first-order chi connectivity index (χ1) is 16.1. The number of allylic oxidation sites excluding steroid dienone is 1. The Balaban J connectivity index is 3.62. The minimum atomic E-state index is -2.35. The van der Waals surface area contributed by atoms with E-state index in [0.717, 1.165) is 0 Å². The van der Waals surface area contributed by atoms with E-state index in [1.807, 2.05) is 6.92 Å². The first kappa shape index (κ1) is 33.2. The highest BCUT2D eigenvalue weighted by Gasteiger charge is 2.55. The molecule has 0 unspecified atom stereocenters. The molecular weight excluding hydrogens is 492 g/mol. The largest absolute Gasteiger partial charge is 0.456 e. The SMILES string of the molecule is C=CC[C@@](C)(C(C)=O)C(=O)O[C@H]1[C@H](O[Si](C)(C)C(C)(C)C)[C@@H](O[Si](C)(C)C(C)(C)C)[C@@H](OC)O[C@@H]1C. The van der Waals surface area contributed by atoms with Crippen molar-refractivity contribution in [3.63, 3.8) is 0 Å². The molecule has 0 N–H and O–H groups in total. The van der Waals surface area contributed by atoms with Crippen LogP contribution in [0.5, 0.6) is 0 Å². The summed E-state index contributed by atoms with van der Waals surface area (Å²) in [6.07, 6.45) is -1.49. The topological polar surface area (TPSA) is 80.3 Å². The Labute approximate surface area is 221 Å². The zero-order valence-corrected chi connectivity index (χ0v) is 27.2. The maximum absolute atomic E-state index is 13.5. The first-order valence-electron chi connectivity index (χ1n) is 12.9. The molecule has 6 atom stereocenters. The third kappa shape index (κ3) is 7.17. The maximum atomic E-state index is 13.5. The van der Waals surface area contributed by atoms with Crippen molar-refractivity contribution >= 4 is 28.4 Å². The zero-order valence-electron chi connectivity index (χ0n) is 25.2. The van der Waals surface area contributed by atoms with Gasteiger partial charge < -0.3 is 23.1 Å². The molecule has 1 aliphatic rings. The predicted octanol–water partition coefficient (Wildman–Crippen LogP) is 6.24. The fourth-order valence-corrected chi connectivity index (χ4v) is 6.11. The quantitative estimate of drug-likeness (QED) is 0.139. The second-order valence-electron chi connectivity index (χ2n) is 13.4. The van der Waals surface area contributed by atoms with Crippen LogP contribution in [0.15, 0.2) is 12.7 Å². The summed E-state index contributed by atoms with van der Waals surface area (Å²) in [6.45, 7) is 30.2. The Morgan fingerprint density at radius 2 is 1.33 bits per heavy atom. The lowest BCUT2D eigenvalue weighted by atomic mass is 9.83. The molecule has 0 aromatic carbocycles. The van der Waals surface area contributed by atoms with Gasteiger partial charge in [-0.1, -0.05) is 47.6 Å². The first-order valence-corrected chi connectivity index (χ1v) is 18.7. The summed E-state index contributed by atoms with van der Waals surface area (Å²) in [5, 5.41) is -0.164. The Hall–Kier alpha value is -0.846. The molecule has 210 valence electrons. The Kier molecular flexibility index (Phi) is 10.6. The van der Waals surface area contributed by atoms with Crippen LogP contribution in [0.3, 0.4) is 0 Å². The van der Waals surface area contributed by atoms with E-state index in [9.17, 15) is 9.59 Å². The normalized spacial score (nSPS) is 27.8. The summed E-state index contributed by atoms with van der Waals surface area (Å²) in [5.41, 5.74) is -1.34. The minimum absolute atomic E-state index is 0.0702. The van der Waals surface area contributed by atoms with Gasteiger partial charge in [-0.05, 0) is 63.5 Å². The molecule has 0 saturated carbocycles. The number of hydrogen-bond acceptors (Lipinski definition) is 7. The molecule has 0 aromatic heterocycles. The van der Waals surface area contributed by atoms with E-state index in [1.165, 1.54) is 6.92 Å². The number of ketones is 1. The van der Waals surface area contributed by atoms with Gasteiger partial charge in [0.15, 0.2) is 29.0 Å². The van der Waals surface area contributed by atoms with E-state index in [4.69, 9.17) is 23.1 Å². The summed E-state index contributed by atoms with van der Waals surface area (Å²) in [6, 6.07) is 0. The Morgan fingerprint density at radius 3 is 1.69 bits per heavy atom. The highest BCUT2D eigenvalue weighted by atomic mass is 28.4. The molecule has 7 nitrogen and oxygen atoms in total. The number of esters is 1. The van der Waals surface area contributed by atoms with Gasteiger partial charge in [0.2, 0.25) is 0 Å². The van der Waals surface area contributed by atoms with Crippen LogP contribution in [-0.4, -0.2) is 66.2 Å². The van der Waals surface area contributed by atoms with Gasteiger partial charge in [-0.2, -0.15) is 0 Å². The lowest BCUT2D eigenvalue weighted by Gasteiger charge is -2.51. The van der Waals surface area contributed by atoms with Crippen LogP contribution in [0.25, 0.3) is 0 Å². The van der Waals surface area contributed by atoms with Gasteiger partial charge in [0.1, 0.15) is 23.4 Å². The van der Waals surface area contributed by atoms with E-state index >= 15 is 0 Å². The highest BCUT2D eigenvalue weighted by molar-refractivity contribution is 6.74. The Bertz CT molecular complexity index is 797. The molecule has 0 bridgehead atoms. The van der Waals surface area contributed by atoms with Crippen molar-refractivity contribution in [2.45, 2.75) is 136 Å². The van der Waals surface area contributed by atoms with Crippen molar-refractivity contribution in [3.8, 4) is 0 Å². The van der Waals surface area contributed by atoms with Gasteiger partial charge >= 0.3 is 5.97 Å². The molecule has 0 spiro atoms. The molecule has 0 aromatic rings. The molecule has 36 heavy (non-hydrogen) atoms. The standard InChI is InChI=1S/C27H52O7Si2/c1-16-17-27(10,19(3)28)24(29)32-20-18(2)31-23(30-11)22(34-36(14,15)26(7,8)9)21(20)33-35(12,13)25(4,5)6/h16,18,20-23H,1,17H2,2-15H3/t18-,20-,21+,22-,23+,27+/m1/s1. The van der Waals surface area contributed by atoms with Crippen LogP contribution in [0, 0.1) is 5.41 Å². The highest BCUT2D eigenvalue weighted by Crippen LogP contribution is 2.44. The summed E-state index contributed by atoms with van der Waals surface area (Å²) in [7, 11) is -3.07. The van der Waals surface area contributed by atoms with Crippen molar-refractivity contribution < 1.29 is 32.7 Å². The molecule has 1 fully saturated rings. The molecule has 0 amide bonds. The monoisotopic (exact) mass is 544 g/mol.